The first-order chi connectivity index (χ1) is 14.4. The number of carbonyl (C=O) groups excluding carboxylic acids is 2. The number of carbonyl (C=O) groups is 2. The number of hydrogen-bond acceptors (Lipinski definition) is 3. The highest BCUT2D eigenvalue weighted by Gasteiger charge is 2.27. The Bertz CT molecular complexity index is 1110. The SMILES string of the molecule is CC(=O)N1CCN(C(=O)c2cc(-c3ccccc3F)nn2-c2cccc(Cl)c2)CC1. The lowest BCUT2D eigenvalue weighted by molar-refractivity contribution is -0.130. The van der Waals surface area contributed by atoms with Gasteiger partial charge in [0.1, 0.15) is 11.5 Å². The lowest BCUT2D eigenvalue weighted by atomic mass is 10.1. The maximum absolute atomic E-state index is 14.4. The molecule has 1 saturated heterocycles. The minimum absolute atomic E-state index is 0.00657. The maximum Gasteiger partial charge on any atom is 0.272 e. The molecule has 0 saturated carbocycles. The van der Waals surface area contributed by atoms with Crippen molar-refractivity contribution in [2.45, 2.75) is 6.92 Å². The predicted octanol–water partition coefficient (Wildman–Crippen LogP) is 3.64. The summed E-state index contributed by atoms with van der Waals surface area (Å²) in [5, 5.41) is 5.02. The van der Waals surface area contributed by atoms with Crippen LogP contribution in [-0.4, -0.2) is 57.6 Å². The van der Waals surface area contributed by atoms with Crippen LogP contribution in [0.25, 0.3) is 16.9 Å². The van der Waals surface area contributed by atoms with Gasteiger partial charge in [-0.1, -0.05) is 29.8 Å². The van der Waals surface area contributed by atoms with E-state index in [-0.39, 0.29) is 11.8 Å². The van der Waals surface area contributed by atoms with Crippen molar-refractivity contribution in [2.24, 2.45) is 0 Å². The Hall–Kier alpha value is -3.19. The molecule has 0 unspecified atom stereocenters. The molecule has 8 heteroatoms. The number of rotatable bonds is 3. The van der Waals surface area contributed by atoms with E-state index in [1.54, 1.807) is 58.3 Å². The van der Waals surface area contributed by atoms with E-state index >= 15 is 0 Å². The summed E-state index contributed by atoms with van der Waals surface area (Å²) in [7, 11) is 0. The number of halogens is 2. The van der Waals surface area contributed by atoms with E-state index < -0.39 is 5.82 Å². The van der Waals surface area contributed by atoms with Crippen molar-refractivity contribution in [1.29, 1.82) is 0 Å². The fraction of sp³-hybridized carbons (Fsp3) is 0.227. The molecule has 2 amide bonds. The van der Waals surface area contributed by atoms with E-state index in [0.29, 0.717) is 53.8 Å². The van der Waals surface area contributed by atoms with Gasteiger partial charge in [0.15, 0.2) is 0 Å². The van der Waals surface area contributed by atoms with Crippen LogP contribution in [0.3, 0.4) is 0 Å². The fourth-order valence-corrected chi connectivity index (χ4v) is 3.71. The summed E-state index contributed by atoms with van der Waals surface area (Å²) in [6.45, 7) is 3.33. The Balaban J connectivity index is 1.73. The summed E-state index contributed by atoms with van der Waals surface area (Å²) in [4.78, 5) is 28.3. The standard InChI is InChI=1S/C22H20ClFN4O2/c1-15(29)26-9-11-27(12-10-26)22(30)21-14-20(18-7-2-3-8-19(18)24)25-28(21)17-6-4-5-16(23)13-17/h2-8,13-14H,9-12H2,1H3. The summed E-state index contributed by atoms with van der Waals surface area (Å²) in [6.07, 6.45) is 0. The second-order valence-electron chi connectivity index (χ2n) is 7.08. The van der Waals surface area contributed by atoms with Gasteiger partial charge in [-0.3, -0.25) is 9.59 Å². The number of benzene rings is 2. The molecule has 0 N–H and O–H groups in total. The molecule has 3 aromatic rings. The van der Waals surface area contributed by atoms with Crippen LogP contribution < -0.4 is 0 Å². The third-order valence-electron chi connectivity index (χ3n) is 5.14. The lowest BCUT2D eigenvalue weighted by Crippen LogP contribution is -2.50. The molecular weight excluding hydrogens is 407 g/mol. The van der Waals surface area contributed by atoms with Crippen molar-refractivity contribution in [1.82, 2.24) is 19.6 Å². The Kier molecular flexibility index (Phi) is 5.55. The van der Waals surface area contributed by atoms with Gasteiger partial charge in [0.05, 0.1) is 11.4 Å². The van der Waals surface area contributed by atoms with Gasteiger partial charge < -0.3 is 9.80 Å². The van der Waals surface area contributed by atoms with Gasteiger partial charge in [-0.25, -0.2) is 9.07 Å². The zero-order valence-electron chi connectivity index (χ0n) is 16.4. The van der Waals surface area contributed by atoms with E-state index in [1.165, 1.54) is 17.7 Å². The van der Waals surface area contributed by atoms with Gasteiger partial charge in [0.25, 0.3) is 5.91 Å². The Labute approximate surface area is 178 Å². The molecule has 1 aliphatic heterocycles. The van der Waals surface area contributed by atoms with Crippen LogP contribution in [0.15, 0.2) is 54.6 Å². The highest BCUT2D eigenvalue weighted by atomic mass is 35.5. The third-order valence-corrected chi connectivity index (χ3v) is 5.38. The van der Waals surface area contributed by atoms with Gasteiger partial charge in [-0.2, -0.15) is 5.10 Å². The first-order valence-electron chi connectivity index (χ1n) is 9.60. The number of aromatic nitrogens is 2. The van der Waals surface area contributed by atoms with E-state index in [2.05, 4.69) is 5.10 Å². The molecule has 2 heterocycles. The lowest BCUT2D eigenvalue weighted by Gasteiger charge is -2.34. The number of hydrogen-bond donors (Lipinski definition) is 0. The third kappa shape index (κ3) is 3.93. The van der Waals surface area contributed by atoms with Crippen molar-refractivity contribution >= 4 is 23.4 Å². The van der Waals surface area contributed by atoms with Gasteiger partial charge in [0, 0.05) is 43.7 Å². The van der Waals surface area contributed by atoms with Gasteiger partial charge >= 0.3 is 0 Å². The van der Waals surface area contributed by atoms with Crippen molar-refractivity contribution in [3.8, 4) is 16.9 Å². The van der Waals surface area contributed by atoms with Crippen LogP contribution in [0.5, 0.6) is 0 Å². The van der Waals surface area contributed by atoms with E-state index in [4.69, 9.17) is 11.6 Å². The van der Waals surface area contributed by atoms with Crippen LogP contribution in [0, 0.1) is 5.82 Å². The van der Waals surface area contributed by atoms with E-state index in [1.807, 2.05) is 0 Å². The number of nitrogens with zero attached hydrogens (tertiary/aromatic N) is 4. The average Bonchev–Trinajstić information content (AvgIpc) is 3.19. The van der Waals surface area contributed by atoms with Crippen LogP contribution in [0.1, 0.15) is 17.4 Å². The Morgan fingerprint density at radius 1 is 0.967 bits per heavy atom. The number of piperazine rings is 1. The van der Waals surface area contributed by atoms with Crippen LogP contribution in [0.2, 0.25) is 5.02 Å². The molecule has 0 aliphatic carbocycles. The normalized spacial score (nSPS) is 14.1. The fourth-order valence-electron chi connectivity index (χ4n) is 3.53. The largest absolute Gasteiger partial charge is 0.339 e. The maximum atomic E-state index is 14.4. The van der Waals surface area contributed by atoms with Crippen molar-refractivity contribution in [2.75, 3.05) is 26.2 Å². The molecule has 4 rings (SSSR count). The second kappa shape index (κ2) is 8.28. The summed E-state index contributed by atoms with van der Waals surface area (Å²) < 4.78 is 15.8. The average molecular weight is 427 g/mol. The highest BCUT2D eigenvalue weighted by molar-refractivity contribution is 6.30. The molecule has 6 nitrogen and oxygen atoms in total. The minimum Gasteiger partial charge on any atom is -0.339 e. The molecule has 1 aromatic heterocycles. The van der Waals surface area contributed by atoms with E-state index in [0.717, 1.165) is 0 Å². The molecule has 0 radical (unpaired) electrons. The molecular formula is C22H20ClFN4O2. The van der Waals surface area contributed by atoms with Gasteiger partial charge in [-0.05, 0) is 36.4 Å². The molecule has 0 spiro atoms. The first kappa shape index (κ1) is 20.1. The quantitative estimate of drug-likeness (QED) is 0.642. The molecule has 2 aromatic carbocycles. The smallest absolute Gasteiger partial charge is 0.272 e. The molecule has 1 aliphatic rings. The summed E-state index contributed by atoms with van der Waals surface area (Å²) >= 11 is 6.14. The summed E-state index contributed by atoms with van der Waals surface area (Å²) in [5.74, 6) is -0.650. The van der Waals surface area contributed by atoms with Crippen molar-refractivity contribution < 1.29 is 14.0 Å². The zero-order valence-corrected chi connectivity index (χ0v) is 17.1. The molecule has 0 bridgehead atoms. The van der Waals surface area contributed by atoms with Crippen LogP contribution in [0.4, 0.5) is 4.39 Å². The zero-order chi connectivity index (χ0) is 21.3. The van der Waals surface area contributed by atoms with Crippen molar-refractivity contribution in [3.05, 3.63) is 71.1 Å². The minimum atomic E-state index is -0.415. The topological polar surface area (TPSA) is 58.4 Å². The molecule has 0 atom stereocenters. The van der Waals surface area contributed by atoms with Crippen LogP contribution in [-0.2, 0) is 4.79 Å². The molecule has 1 fully saturated rings. The second-order valence-corrected chi connectivity index (χ2v) is 7.52. The Morgan fingerprint density at radius 2 is 1.67 bits per heavy atom. The first-order valence-corrected chi connectivity index (χ1v) is 9.97. The van der Waals surface area contributed by atoms with Crippen molar-refractivity contribution in [3.63, 3.8) is 0 Å². The summed E-state index contributed by atoms with van der Waals surface area (Å²) in [5.41, 5.74) is 1.59. The van der Waals surface area contributed by atoms with E-state index in [9.17, 15) is 14.0 Å². The predicted molar refractivity (Wildman–Crippen MR) is 112 cm³/mol. The molecule has 154 valence electrons. The Morgan fingerprint density at radius 3 is 2.33 bits per heavy atom. The highest BCUT2D eigenvalue weighted by Crippen LogP contribution is 2.26. The van der Waals surface area contributed by atoms with Gasteiger partial charge in [-0.15, -0.1) is 0 Å². The monoisotopic (exact) mass is 426 g/mol. The van der Waals surface area contributed by atoms with Crippen LogP contribution >= 0.6 is 11.6 Å². The van der Waals surface area contributed by atoms with Gasteiger partial charge in [0.2, 0.25) is 5.91 Å². The molecule has 30 heavy (non-hydrogen) atoms. The summed E-state index contributed by atoms with van der Waals surface area (Å²) in [6, 6.07) is 14.9. The number of amides is 2.